The van der Waals surface area contributed by atoms with Crippen molar-refractivity contribution in [3.8, 4) is 0 Å². The van der Waals surface area contributed by atoms with Crippen LogP contribution in [0.4, 0.5) is 0 Å². The van der Waals surface area contributed by atoms with E-state index in [9.17, 15) is 4.79 Å². The molecule has 1 saturated carbocycles. The average molecular weight is 237 g/mol. The molecule has 4 nitrogen and oxygen atoms in total. The number of amides is 1. The van der Waals surface area contributed by atoms with Crippen LogP contribution in [0.3, 0.4) is 0 Å². The Balaban J connectivity index is 1.95. The Morgan fingerprint density at radius 1 is 1.65 bits per heavy atom. The highest BCUT2D eigenvalue weighted by atomic mass is 16.5. The zero-order chi connectivity index (χ0) is 12.3. The fraction of sp³-hybridized carbons (Fsp3) is 0.615. The molecule has 1 heterocycles. The maximum Gasteiger partial charge on any atom is 0.226 e. The monoisotopic (exact) mass is 237 g/mol. The number of methoxy groups -OCH3 is 1. The van der Waals surface area contributed by atoms with Crippen molar-refractivity contribution in [3.05, 3.63) is 24.2 Å². The number of nitrogens with zero attached hydrogens (tertiary/aromatic N) is 1. The molecule has 2 rings (SSSR count). The van der Waals surface area contributed by atoms with Gasteiger partial charge in [0.1, 0.15) is 5.76 Å². The Morgan fingerprint density at radius 3 is 2.94 bits per heavy atom. The zero-order valence-corrected chi connectivity index (χ0v) is 10.4. The van der Waals surface area contributed by atoms with Crippen LogP contribution in [0, 0.1) is 11.8 Å². The molecule has 1 aliphatic rings. The summed E-state index contributed by atoms with van der Waals surface area (Å²) in [4.78, 5) is 14.0. The number of hydrogen-bond donors (Lipinski definition) is 0. The summed E-state index contributed by atoms with van der Waals surface area (Å²) in [6.45, 7) is 3.84. The van der Waals surface area contributed by atoms with Gasteiger partial charge < -0.3 is 14.1 Å². The van der Waals surface area contributed by atoms with E-state index in [1.54, 1.807) is 13.4 Å². The van der Waals surface area contributed by atoms with E-state index >= 15 is 0 Å². The summed E-state index contributed by atoms with van der Waals surface area (Å²) in [5.74, 6) is 1.79. The van der Waals surface area contributed by atoms with Crippen molar-refractivity contribution in [1.82, 2.24) is 4.90 Å². The van der Waals surface area contributed by atoms with Crippen LogP contribution in [0.15, 0.2) is 22.8 Å². The maximum atomic E-state index is 12.2. The lowest BCUT2D eigenvalue weighted by molar-refractivity contribution is -0.134. The van der Waals surface area contributed by atoms with E-state index in [1.165, 1.54) is 0 Å². The molecule has 0 unspecified atom stereocenters. The van der Waals surface area contributed by atoms with Crippen molar-refractivity contribution in [1.29, 1.82) is 0 Å². The fourth-order valence-corrected chi connectivity index (χ4v) is 1.96. The highest BCUT2D eigenvalue weighted by molar-refractivity contribution is 5.81. The molecule has 1 aliphatic carbocycles. The van der Waals surface area contributed by atoms with Gasteiger partial charge in [-0.3, -0.25) is 4.79 Å². The summed E-state index contributed by atoms with van der Waals surface area (Å²) in [5, 5.41) is 0. The van der Waals surface area contributed by atoms with E-state index in [0.29, 0.717) is 25.6 Å². The van der Waals surface area contributed by atoms with Gasteiger partial charge in [0.05, 0.1) is 19.4 Å². The zero-order valence-electron chi connectivity index (χ0n) is 10.4. The molecule has 0 spiro atoms. The number of ether oxygens (including phenoxy) is 1. The summed E-state index contributed by atoms with van der Waals surface area (Å²) < 4.78 is 10.3. The molecule has 2 atom stereocenters. The minimum atomic E-state index is 0.210. The molecule has 0 bridgehead atoms. The SMILES string of the molecule is COCCN(Cc1ccco1)C(=O)[C@H]1C[C@@H]1C. The van der Waals surface area contributed by atoms with E-state index in [-0.39, 0.29) is 11.8 Å². The summed E-state index contributed by atoms with van der Waals surface area (Å²) >= 11 is 0. The second-order valence-electron chi connectivity index (χ2n) is 4.65. The van der Waals surface area contributed by atoms with E-state index in [2.05, 4.69) is 6.92 Å². The van der Waals surface area contributed by atoms with Crippen molar-refractivity contribution in [2.75, 3.05) is 20.3 Å². The minimum Gasteiger partial charge on any atom is -0.467 e. The largest absolute Gasteiger partial charge is 0.467 e. The molecule has 94 valence electrons. The maximum absolute atomic E-state index is 12.2. The number of carbonyl (C=O) groups excluding carboxylic acids is 1. The number of rotatable bonds is 6. The molecule has 1 aromatic heterocycles. The molecule has 1 fully saturated rings. The first-order chi connectivity index (χ1) is 8.22. The van der Waals surface area contributed by atoms with Gasteiger partial charge in [0, 0.05) is 19.6 Å². The second kappa shape index (κ2) is 5.36. The highest BCUT2D eigenvalue weighted by Crippen LogP contribution is 2.39. The highest BCUT2D eigenvalue weighted by Gasteiger charge is 2.41. The van der Waals surface area contributed by atoms with Crippen molar-refractivity contribution in [3.63, 3.8) is 0 Å². The smallest absolute Gasteiger partial charge is 0.226 e. The third-order valence-electron chi connectivity index (χ3n) is 3.23. The predicted molar refractivity (Wildman–Crippen MR) is 63.3 cm³/mol. The summed E-state index contributed by atoms with van der Waals surface area (Å²) in [5.41, 5.74) is 0. The van der Waals surface area contributed by atoms with Gasteiger partial charge in [0.2, 0.25) is 5.91 Å². The summed E-state index contributed by atoms with van der Waals surface area (Å²) in [6.07, 6.45) is 2.65. The van der Waals surface area contributed by atoms with Gasteiger partial charge in [0.25, 0.3) is 0 Å². The first kappa shape index (κ1) is 12.2. The molecule has 0 radical (unpaired) electrons. The number of hydrogen-bond acceptors (Lipinski definition) is 3. The van der Waals surface area contributed by atoms with E-state index < -0.39 is 0 Å². The molecule has 17 heavy (non-hydrogen) atoms. The molecule has 0 saturated heterocycles. The molecule has 0 aliphatic heterocycles. The first-order valence-electron chi connectivity index (χ1n) is 6.02. The van der Waals surface area contributed by atoms with Crippen LogP contribution in [0.1, 0.15) is 19.1 Å². The molecule has 0 aromatic carbocycles. The van der Waals surface area contributed by atoms with Gasteiger partial charge in [-0.05, 0) is 24.5 Å². The van der Waals surface area contributed by atoms with Gasteiger partial charge in [-0.15, -0.1) is 0 Å². The van der Waals surface area contributed by atoms with Gasteiger partial charge in [-0.2, -0.15) is 0 Å². The topological polar surface area (TPSA) is 42.7 Å². The van der Waals surface area contributed by atoms with Crippen molar-refractivity contribution >= 4 is 5.91 Å². The minimum absolute atomic E-state index is 0.210. The van der Waals surface area contributed by atoms with E-state index in [4.69, 9.17) is 9.15 Å². The Bertz CT molecular complexity index is 361. The standard InChI is InChI=1S/C13H19NO3/c1-10-8-12(10)13(15)14(5-7-16-2)9-11-4-3-6-17-11/h3-4,6,10,12H,5,7-9H2,1-2H3/t10-,12-/m0/s1. The third-order valence-corrected chi connectivity index (χ3v) is 3.23. The lowest BCUT2D eigenvalue weighted by Gasteiger charge is -2.21. The lowest BCUT2D eigenvalue weighted by atomic mass is 10.2. The Labute approximate surface area is 102 Å². The van der Waals surface area contributed by atoms with Crippen LogP contribution in [-0.4, -0.2) is 31.1 Å². The van der Waals surface area contributed by atoms with Crippen LogP contribution in [-0.2, 0) is 16.1 Å². The van der Waals surface area contributed by atoms with Gasteiger partial charge in [0.15, 0.2) is 0 Å². The Hall–Kier alpha value is -1.29. The van der Waals surface area contributed by atoms with Gasteiger partial charge >= 0.3 is 0 Å². The van der Waals surface area contributed by atoms with Crippen LogP contribution in [0.5, 0.6) is 0 Å². The Kier molecular flexibility index (Phi) is 3.84. The average Bonchev–Trinajstić information content (AvgIpc) is 2.84. The molecule has 4 heteroatoms. The quantitative estimate of drug-likeness (QED) is 0.759. The van der Waals surface area contributed by atoms with Crippen molar-refractivity contribution < 1.29 is 13.9 Å². The van der Waals surface area contributed by atoms with Crippen LogP contribution in [0.2, 0.25) is 0 Å². The number of furan rings is 1. The molecule has 1 amide bonds. The first-order valence-corrected chi connectivity index (χ1v) is 6.02. The van der Waals surface area contributed by atoms with E-state index in [0.717, 1.165) is 12.2 Å². The normalized spacial score (nSPS) is 22.5. The molecule has 1 aromatic rings. The third kappa shape index (κ3) is 3.09. The molecular formula is C13H19NO3. The molecule has 0 N–H and O–H groups in total. The predicted octanol–water partition coefficient (Wildman–Crippen LogP) is 1.91. The van der Waals surface area contributed by atoms with Crippen LogP contribution < -0.4 is 0 Å². The van der Waals surface area contributed by atoms with Gasteiger partial charge in [-0.1, -0.05) is 6.92 Å². The molecular weight excluding hydrogens is 218 g/mol. The fourth-order valence-electron chi connectivity index (χ4n) is 1.96. The Morgan fingerprint density at radius 2 is 2.41 bits per heavy atom. The van der Waals surface area contributed by atoms with Gasteiger partial charge in [-0.25, -0.2) is 0 Å². The van der Waals surface area contributed by atoms with Crippen LogP contribution >= 0.6 is 0 Å². The second-order valence-corrected chi connectivity index (χ2v) is 4.65. The van der Waals surface area contributed by atoms with Crippen molar-refractivity contribution in [2.45, 2.75) is 19.9 Å². The lowest BCUT2D eigenvalue weighted by Crippen LogP contribution is -2.34. The van der Waals surface area contributed by atoms with Crippen LogP contribution in [0.25, 0.3) is 0 Å². The summed E-state index contributed by atoms with van der Waals surface area (Å²) in [7, 11) is 1.65. The summed E-state index contributed by atoms with van der Waals surface area (Å²) in [6, 6.07) is 3.73. The van der Waals surface area contributed by atoms with Crippen molar-refractivity contribution in [2.24, 2.45) is 11.8 Å². The van der Waals surface area contributed by atoms with E-state index in [1.807, 2.05) is 17.0 Å². The number of carbonyl (C=O) groups is 1.